The van der Waals surface area contributed by atoms with Crippen LogP contribution in [0.3, 0.4) is 0 Å². The third-order valence-electron chi connectivity index (χ3n) is 4.32. The zero-order valence-electron chi connectivity index (χ0n) is 16.1. The van der Waals surface area contributed by atoms with Crippen molar-refractivity contribution in [2.45, 2.75) is 71.8 Å². The van der Waals surface area contributed by atoms with Gasteiger partial charge >= 0.3 is 8.56 Å². The highest BCUT2D eigenvalue weighted by molar-refractivity contribution is 6.74. The lowest BCUT2D eigenvalue weighted by Gasteiger charge is -2.36. The molecule has 0 bridgehead atoms. The molecule has 134 valence electrons. The van der Waals surface area contributed by atoms with Crippen LogP contribution in [0.4, 0.5) is 0 Å². The largest absolute Gasteiger partial charge is 0.414 e. The molecule has 0 radical (unpaired) electrons. The van der Waals surface area contributed by atoms with E-state index >= 15 is 0 Å². The van der Waals surface area contributed by atoms with Crippen molar-refractivity contribution in [2.24, 2.45) is 0 Å². The first-order chi connectivity index (χ1) is 10.1. The Kier molecular flexibility index (Phi) is 10.3. The first kappa shape index (κ1) is 22.3. The van der Waals surface area contributed by atoms with Crippen LogP contribution in [0.5, 0.6) is 0 Å². The second kappa shape index (κ2) is 10.2. The van der Waals surface area contributed by atoms with Crippen molar-refractivity contribution in [2.75, 3.05) is 33.0 Å². The second-order valence-electron chi connectivity index (χ2n) is 7.32. The van der Waals surface area contributed by atoms with Gasteiger partial charge in [-0.3, -0.25) is 0 Å². The molecule has 0 aliphatic rings. The maximum Gasteiger partial charge on any atom is 0.334 e. The van der Waals surface area contributed by atoms with Gasteiger partial charge in [-0.1, -0.05) is 20.8 Å². The summed E-state index contributed by atoms with van der Waals surface area (Å²) < 4.78 is 23.4. The summed E-state index contributed by atoms with van der Waals surface area (Å²) in [6.45, 7) is 21.1. The molecule has 0 saturated carbocycles. The van der Waals surface area contributed by atoms with Crippen molar-refractivity contribution in [1.82, 2.24) is 0 Å². The predicted molar refractivity (Wildman–Crippen MR) is 98.3 cm³/mol. The highest BCUT2D eigenvalue weighted by Crippen LogP contribution is 2.36. The molecule has 0 atom stereocenters. The van der Waals surface area contributed by atoms with Gasteiger partial charge in [0, 0.05) is 19.8 Å². The summed E-state index contributed by atoms with van der Waals surface area (Å²) in [4.78, 5) is 0. The van der Waals surface area contributed by atoms with Crippen LogP contribution in [0.2, 0.25) is 30.7 Å². The molecule has 0 aromatic rings. The van der Waals surface area contributed by atoms with E-state index in [0.29, 0.717) is 13.2 Å². The minimum absolute atomic E-state index is 0.259. The SMILES string of the molecule is CCO[Si](C)(CCCOCCO[Si](C)(C)C(C)(C)C)OCC. The number of hydrogen-bond donors (Lipinski definition) is 0. The van der Waals surface area contributed by atoms with Crippen molar-refractivity contribution >= 4 is 16.9 Å². The molecular weight excluding hydrogens is 312 g/mol. The van der Waals surface area contributed by atoms with Gasteiger partial charge in [0.05, 0.1) is 13.2 Å². The molecule has 0 aliphatic carbocycles. The fourth-order valence-electron chi connectivity index (χ4n) is 1.97. The Hall–Kier alpha value is 0.274. The Labute approximate surface area is 140 Å². The summed E-state index contributed by atoms with van der Waals surface area (Å²) in [6.07, 6.45) is 0.989. The molecular formula is C16H38O4Si2. The van der Waals surface area contributed by atoms with Gasteiger partial charge in [-0.2, -0.15) is 0 Å². The number of hydrogen-bond acceptors (Lipinski definition) is 4. The summed E-state index contributed by atoms with van der Waals surface area (Å²) in [6, 6.07) is 0.984. The molecule has 4 nitrogen and oxygen atoms in total. The Morgan fingerprint density at radius 1 is 0.773 bits per heavy atom. The first-order valence-electron chi connectivity index (χ1n) is 8.57. The third kappa shape index (κ3) is 8.79. The van der Waals surface area contributed by atoms with E-state index in [1.54, 1.807) is 0 Å². The lowest BCUT2D eigenvalue weighted by atomic mass is 10.2. The van der Waals surface area contributed by atoms with Crippen LogP contribution >= 0.6 is 0 Å². The monoisotopic (exact) mass is 350 g/mol. The summed E-state index contributed by atoms with van der Waals surface area (Å²) in [5.41, 5.74) is 0. The third-order valence-corrected chi connectivity index (χ3v) is 11.9. The molecule has 0 aromatic carbocycles. The van der Waals surface area contributed by atoms with Crippen molar-refractivity contribution in [3.8, 4) is 0 Å². The van der Waals surface area contributed by atoms with Crippen LogP contribution in [0, 0.1) is 0 Å². The molecule has 0 N–H and O–H groups in total. The van der Waals surface area contributed by atoms with E-state index in [4.69, 9.17) is 18.0 Å². The van der Waals surface area contributed by atoms with E-state index in [9.17, 15) is 0 Å². The fourth-order valence-corrected chi connectivity index (χ4v) is 5.37. The quantitative estimate of drug-likeness (QED) is 0.382. The first-order valence-corrected chi connectivity index (χ1v) is 14.0. The average Bonchev–Trinajstić information content (AvgIpc) is 2.36. The molecule has 0 aliphatic heterocycles. The van der Waals surface area contributed by atoms with Gasteiger partial charge < -0.3 is 18.0 Å². The molecule has 0 saturated heterocycles. The van der Waals surface area contributed by atoms with Crippen LogP contribution in [0.15, 0.2) is 0 Å². The predicted octanol–water partition coefficient (Wildman–Crippen LogP) is 4.56. The summed E-state index contributed by atoms with van der Waals surface area (Å²) >= 11 is 0. The topological polar surface area (TPSA) is 36.9 Å². The Balaban J connectivity index is 3.82. The molecule has 0 heterocycles. The fraction of sp³-hybridized carbons (Fsp3) is 1.00. The molecule has 6 heteroatoms. The molecule has 0 fully saturated rings. The van der Waals surface area contributed by atoms with Gasteiger partial charge in [-0.25, -0.2) is 0 Å². The molecule has 0 aromatic heterocycles. The van der Waals surface area contributed by atoms with Gasteiger partial charge in [0.1, 0.15) is 0 Å². The van der Waals surface area contributed by atoms with E-state index < -0.39 is 16.9 Å². The van der Waals surface area contributed by atoms with Crippen LogP contribution in [-0.2, 0) is 18.0 Å². The molecule has 0 unspecified atom stereocenters. The standard InChI is InChI=1S/C16H38O4Si2/c1-9-18-22(8,19-10-2)15-11-12-17-13-14-20-21(6,7)16(3,4)5/h9-15H2,1-8H3. The lowest BCUT2D eigenvalue weighted by molar-refractivity contribution is 0.0934. The van der Waals surface area contributed by atoms with Crippen molar-refractivity contribution < 1.29 is 18.0 Å². The van der Waals surface area contributed by atoms with Crippen molar-refractivity contribution in [3.63, 3.8) is 0 Å². The lowest BCUT2D eigenvalue weighted by Crippen LogP contribution is -2.41. The minimum atomic E-state index is -1.98. The summed E-state index contributed by atoms with van der Waals surface area (Å²) in [5.74, 6) is 0. The van der Waals surface area contributed by atoms with Gasteiger partial charge in [0.2, 0.25) is 0 Å². The van der Waals surface area contributed by atoms with E-state index in [0.717, 1.165) is 32.3 Å². The van der Waals surface area contributed by atoms with Gasteiger partial charge in [-0.05, 0) is 51.0 Å². The molecule has 0 spiro atoms. The number of ether oxygens (including phenoxy) is 1. The maximum atomic E-state index is 6.09. The normalized spacial score (nSPS) is 13.6. The second-order valence-corrected chi connectivity index (χ2v) is 15.5. The van der Waals surface area contributed by atoms with E-state index in [1.807, 2.05) is 13.8 Å². The molecule has 22 heavy (non-hydrogen) atoms. The highest BCUT2D eigenvalue weighted by atomic mass is 28.4. The van der Waals surface area contributed by atoms with Crippen LogP contribution < -0.4 is 0 Å². The van der Waals surface area contributed by atoms with Gasteiger partial charge in [-0.15, -0.1) is 0 Å². The average molecular weight is 351 g/mol. The maximum absolute atomic E-state index is 6.09. The van der Waals surface area contributed by atoms with Crippen LogP contribution in [0.25, 0.3) is 0 Å². The van der Waals surface area contributed by atoms with Gasteiger partial charge in [0.25, 0.3) is 0 Å². The highest BCUT2D eigenvalue weighted by Gasteiger charge is 2.36. The Morgan fingerprint density at radius 3 is 1.77 bits per heavy atom. The smallest absolute Gasteiger partial charge is 0.334 e. The van der Waals surface area contributed by atoms with Gasteiger partial charge in [0.15, 0.2) is 8.32 Å². The summed E-state index contributed by atoms with van der Waals surface area (Å²) in [7, 11) is -3.61. The summed E-state index contributed by atoms with van der Waals surface area (Å²) in [5, 5.41) is 0.259. The van der Waals surface area contributed by atoms with Crippen LogP contribution in [-0.4, -0.2) is 49.9 Å². The van der Waals surface area contributed by atoms with E-state index in [1.165, 1.54) is 0 Å². The van der Waals surface area contributed by atoms with Crippen molar-refractivity contribution in [1.29, 1.82) is 0 Å². The van der Waals surface area contributed by atoms with Crippen LogP contribution in [0.1, 0.15) is 41.0 Å². The minimum Gasteiger partial charge on any atom is -0.414 e. The Morgan fingerprint density at radius 2 is 1.32 bits per heavy atom. The van der Waals surface area contributed by atoms with E-state index in [-0.39, 0.29) is 5.04 Å². The molecule has 0 rings (SSSR count). The van der Waals surface area contributed by atoms with E-state index in [2.05, 4.69) is 40.4 Å². The zero-order valence-corrected chi connectivity index (χ0v) is 18.1. The number of rotatable bonds is 12. The zero-order chi connectivity index (χ0) is 17.3. The Bertz CT molecular complexity index is 284. The molecule has 0 amide bonds. The van der Waals surface area contributed by atoms with Crippen molar-refractivity contribution in [3.05, 3.63) is 0 Å².